The van der Waals surface area contributed by atoms with Crippen LogP contribution in [0.15, 0.2) is 0 Å². The first-order valence-electron chi connectivity index (χ1n) is 4.69. The van der Waals surface area contributed by atoms with Crippen molar-refractivity contribution in [2.75, 3.05) is 6.61 Å². The molecule has 3 atom stereocenters. The van der Waals surface area contributed by atoms with Gasteiger partial charge in [0, 0.05) is 6.04 Å². The number of rotatable bonds is 5. The number of amides is 1. The molecule has 4 N–H and O–H groups in total. The van der Waals surface area contributed by atoms with E-state index < -0.39 is 6.04 Å². The van der Waals surface area contributed by atoms with Crippen LogP contribution in [0.2, 0.25) is 0 Å². The standard InChI is InChI=1S/C9H20N2O2/c1-4-6(2)8(10)9(13)11-7(3)5-12/h6-8,12H,4-5,10H2,1-3H3,(H,11,13). The van der Waals surface area contributed by atoms with E-state index >= 15 is 0 Å². The Hall–Kier alpha value is -0.610. The first-order chi connectivity index (χ1) is 6.02. The summed E-state index contributed by atoms with van der Waals surface area (Å²) in [7, 11) is 0. The average molecular weight is 188 g/mol. The lowest BCUT2D eigenvalue weighted by atomic mass is 9.99. The molecular formula is C9H20N2O2. The first-order valence-corrected chi connectivity index (χ1v) is 4.69. The summed E-state index contributed by atoms with van der Waals surface area (Å²) in [6.07, 6.45) is 0.877. The van der Waals surface area contributed by atoms with Crippen LogP contribution in [0.25, 0.3) is 0 Å². The van der Waals surface area contributed by atoms with Crippen LogP contribution in [0.5, 0.6) is 0 Å². The third-order valence-electron chi connectivity index (χ3n) is 2.22. The molecule has 1 amide bonds. The summed E-state index contributed by atoms with van der Waals surface area (Å²) in [6.45, 7) is 5.61. The van der Waals surface area contributed by atoms with E-state index in [-0.39, 0.29) is 24.5 Å². The van der Waals surface area contributed by atoms with E-state index in [9.17, 15) is 4.79 Å². The molecule has 0 aromatic carbocycles. The van der Waals surface area contributed by atoms with Gasteiger partial charge in [-0.2, -0.15) is 0 Å². The normalized spacial score (nSPS) is 17.6. The van der Waals surface area contributed by atoms with Gasteiger partial charge in [-0.3, -0.25) is 4.79 Å². The second-order valence-corrected chi connectivity index (χ2v) is 3.50. The molecule has 0 saturated heterocycles. The molecule has 78 valence electrons. The molecule has 0 rings (SSSR count). The monoisotopic (exact) mass is 188 g/mol. The largest absolute Gasteiger partial charge is 0.394 e. The van der Waals surface area contributed by atoms with Crippen LogP contribution < -0.4 is 11.1 Å². The zero-order valence-electron chi connectivity index (χ0n) is 8.58. The van der Waals surface area contributed by atoms with Gasteiger partial charge in [0.1, 0.15) is 0 Å². The van der Waals surface area contributed by atoms with Crippen molar-refractivity contribution in [3.63, 3.8) is 0 Å². The van der Waals surface area contributed by atoms with E-state index in [1.54, 1.807) is 6.92 Å². The molecule has 0 radical (unpaired) electrons. The van der Waals surface area contributed by atoms with E-state index in [1.807, 2.05) is 13.8 Å². The number of hydrogen-bond acceptors (Lipinski definition) is 3. The van der Waals surface area contributed by atoms with Crippen molar-refractivity contribution in [2.45, 2.75) is 39.3 Å². The van der Waals surface area contributed by atoms with Gasteiger partial charge in [-0.25, -0.2) is 0 Å². The fourth-order valence-corrected chi connectivity index (χ4v) is 0.897. The number of aliphatic hydroxyl groups excluding tert-OH is 1. The molecule has 0 aromatic rings. The van der Waals surface area contributed by atoms with Crippen LogP contribution in [0.1, 0.15) is 27.2 Å². The number of carbonyl (C=O) groups is 1. The summed E-state index contributed by atoms with van der Waals surface area (Å²) in [5.41, 5.74) is 5.68. The molecule has 0 aliphatic rings. The molecular weight excluding hydrogens is 168 g/mol. The highest BCUT2D eigenvalue weighted by molar-refractivity contribution is 5.82. The van der Waals surface area contributed by atoms with Crippen LogP contribution in [-0.4, -0.2) is 29.7 Å². The van der Waals surface area contributed by atoms with Crippen molar-refractivity contribution in [3.05, 3.63) is 0 Å². The number of hydrogen-bond donors (Lipinski definition) is 3. The van der Waals surface area contributed by atoms with E-state index in [0.29, 0.717) is 0 Å². The molecule has 0 bridgehead atoms. The van der Waals surface area contributed by atoms with Gasteiger partial charge in [-0.05, 0) is 12.8 Å². The number of carbonyl (C=O) groups excluding carboxylic acids is 1. The van der Waals surface area contributed by atoms with Gasteiger partial charge in [0.25, 0.3) is 0 Å². The van der Waals surface area contributed by atoms with Gasteiger partial charge in [0.15, 0.2) is 0 Å². The Balaban J connectivity index is 3.96. The minimum atomic E-state index is -0.473. The molecule has 0 saturated carbocycles. The Morgan fingerprint density at radius 3 is 2.46 bits per heavy atom. The van der Waals surface area contributed by atoms with Crippen molar-refractivity contribution < 1.29 is 9.90 Å². The second-order valence-electron chi connectivity index (χ2n) is 3.50. The lowest BCUT2D eigenvalue weighted by Gasteiger charge is -2.19. The Morgan fingerprint density at radius 1 is 1.54 bits per heavy atom. The Bertz CT molecular complexity index is 162. The van der Waals surface area contributed by atoms with Crippen molar-refractivity contribution in [1.29, 1.82) is 0 Å². The lowest BCUT2D eigenvalue weighted by molar-refractivity contribution is -0.124. The summed E-state index contributed by atoms with van der Waals surface area (Å²) >= 11 is 0. The highest BCUT2D eigenvalue weighted by atomic mass is 16.3. The number of nitrogens with one attached hydrogen (secondary N) is 1. The number of aliphatic hydroxyl groups is 1. The smallest absolute Gasteiger partial charge is 0.237 e. The highest BCUT2D eigenvalue weighted by Gasteiger charge is 2.20. The zero-order chi connectivity index (χ0) is 10.4. The summed E-state index contributed by atoms with van der Waals surface area (Å²) in [5, 5.41) is 11.3. The lowest BCUT2D eigenvalue weighted by Crippen LogP contribution is -2.48. The second kappa shape index (κ2) is 5.94. The molecule has 4 heteroatoms. The van der Waals surface area contributed by atoms with Gasteiger partial charge >= 0.3 is 0 Å². The number of nitrogens with two attached hydrogens (primary N) is 1. The predicted molar refractivity (Wildman–Crippen MR) is 52.1 cm³/mol. The van der Waals surface area contributed by atoms with Crippen molar-refractivity contribution in [1.82, 2.24) is 5.32 Å². The molecule has 0 fully saturated rings. The minimum Gasteiger partial charge on any atom is -0.394 e. The maximum Gasteiger partial charge on any atom is 0.237 e. The quantitative estimate of drug-likeness (QED) is 0.562. The topological polar surface area (TPSA) is 75.4 Å². The molecule has 13 heavy (non-hydrogen) atoms. The van der Waals surface area contributed by atoms with Gasteiger partial charge in [0.2, 0.25) is 5.91 Å². The van der Waals surface area contributed by atoms with Crippen LogP contribution in [0.4, 0.5) is 0 Å². The van der Waals surface area contributed by atoms with Crippen LogP contribution in [-0.2, 0) is 4.79 Å². The highest BCUT2D eigenvalue weighted by Crippen LogP contribution is 2.05. The Kier molecular flexibility index (Phi) is 5.66. The minimum absolute atomic E-state index is 0.0566. The molecule has 3 unspecified atom stereocenters. The van der Waals surface area contributed by atoms with Gasteiger partial charge in [-0.1, -0.05) is 20.3 Å². The van der Waals surface area contributed by atoms with Crippen molar-refractivity contribution in [2.24, 2.45) is 11.7 Å². The molecule has 4 nitrogen and oxygen atoms in total. The van der Waals surface area contributed by atoms with Crippen LogP contribution in [0, 0.1) is 5.92 Å². The van der Waals surface area contributed by atoms with Gasteiger partial charge < -0.3 is 16.2 Å². The van der Waals surface area contributed by atoms with Crippen molar-refractivity contribution >= 4 is 5.91 Å². The Morgan fingerprint density at radius 2 is 2.08 bits per heavy atom. The Labute approximate surface area is 79.5 Å². The van der Waals surface area contributed by atoms with Gasteiger partial charge in [-0.15, -0.1) is 0 Å². The summed E-state index contributed by atoms with van der Waals surface area (Å²) < 4.78 is 0. The van der Waals surface area contributed by atoms with Crippen molar-refractivity contribution in [3.8, 4) is 0 Å². The average Bonchev–Trinajstić information content (AvgIpc) is 2.14. The first kappa shape index (κ1) is 12.4. The molecule has 0 aromatic heterocycles. The molecule has 0 heterocycles. The molecule has 0 aliphatic heterocycles. The fourth-order valence-electron chi connectivity index (χ4n) is 0.897. The maximum absolute atomic E-state index is 11.4. The summed E-state index contributed by atoms with van der Waals surface area (Å²) in [5.74, 6) is -0.0122. The fraction of sp³-hybridized carbons (Fsp3) is 0.889. The van der Waals surface area contributed by atoms with E-state index in [2.05, 4.69) is 5.32 Å². The van der Waals surface area contributed by atoms with E-state index in [4.69, 9.17) is 10.8 Å². The van der Waals surface area contributed by atoms with Gasteiger partial charge in [0.05, 0.1) is 12.6 Å². The maximum atomic E-state index is 11.4. The SMILES string of the molecule is CCC(C)C(N)C(=O)NC(C)CO. The summed E-state index contributed by atoms with van der Waals surface area (Å²) in [6, 6.07) is -0.693. The zero-order valence-corrected chi connectivity index (χ0v) is 8.58. The molecule has 0 spiro atoms. The van der Waals surface area contributed by atoms with E-state index in [0.717, 1.165) is 6.42 Å². The third-order valence-corrected chi connectivity index (χ3v) is 2.22. The third kappa shape index (κ3) is 4.24. The summed E-state index contributed by atoms with van der Waals surface area (Å²) in [4.78, 5) is 11.4. The van der Waals surface area contributed by atoms with Crippen LogP contribution >= 0.6 is 0 Å². The molecule has 0 aliphatic carbocycles. The van der Waals surface area contributed by atoms with E-state index in [1.165, 1.54) is 0 Å². The van der Waals surface area contributed by atoms with Crippen LogP contribution in [0.3, 0.4) is 0 Å². The predicted octanol–water partition coefficient (Wildman–Crippen LogP) is -0.143.